The number of methoxy groups -OCH3 is 1. The number of benzene rings is 2. The Balaban J connectivity index is 0.000000703. The molecule has 1 saturated carbocycles. The fraction of sp³-hybridized carbons (Fsp3) is 0.568. The topological polar surface area (TPSA) is 117 Å². The molecule has 2 heterocycles. The summed E-state index contributed by atoms with van der Waals surface area (Å²) in [5.74, 6) is -0.522. The van der Waals surface area contributed by atoms with Crippen LogP contribution in [-0.4, -0.2) is 99.2 Å². The van der Waals surface area contributed by atoms with Gasteiger partial charge in [0.1, 0.15) is 18.9 Å². The van der Waals surface area contributed by atoms with Crippen molar-refractivity contribution in [3.8, 4) is 5.75 Å². The molecule has 5 rings (SSSR count). The Morgan fingerprint density at radius 3 is 2.15 bits per heavy atom. The molecule has 2 amide bonds. The molecule has 0 radical (unpaired) electrons. The highest BCUT2D eigenvalue weighted by atomic mass is 31.2. The van der Waals surface area contributed by atoms with Crippen LogP contribution in [0.2, 0.25) is 0 Å². The first-order valence-corrected chi connectivity index (χ1v) is 19.6. The quantitative estimate of drug-likeness (QED) is 0.0437. The lowest BCUT2D eigenvalue weighted by atomic mass is 9.89. The van der Waals surface area contributed by atoms with Crippen LogP contribution in [0.15, 0.2) is 42.5 Å². The molecule has 0 bridgehead atoms. The van der Waals surface area contributed by atoms with Crippen molar-refractivity contribution in [3.63, 3.8) is 0 Å². The molecule has 0 N–H and O–H groups in total. The number of hydrogen-bond donors (Lipinski definition) is 0. The van der Waals surface area contributed by atoms with E-state index in [4.69, 9.17) is 13.8 Å². The van der Waals surface area contributed by atoms with Crippen LogP contribution in [-0.2, 0) is 42.8 Å². The van der Waals surface area contributed by atoms with Crippen molar-refractivity contribution in [3.05, 3.63) is 59.4 Å². The number of aromatic nitrogens is 2. The maximum atomic E-state index is 13.3. The summed E-state index contributed by atoms with van der Waals surface area (Å²) >= 11 is 0. The summed E-state index contributed by atoms with van der Waals surface area (Å²) in [6, 6.07) is 13.1. The second kappa shape index (κ2) is 18.0. The van der Waals surface area contributed by atoms with Gasteiger partial charge in [-0.15, -0.1) is 0 Å². The lowest BCUT2D eigenvalue weighted by Gasteiger charge is -2.24. The molecule has 1 aromatic heterocycles. The van der Waals surface area contributed by atoms with Gasteiger partial charge in [-0.2, -0.15) is 13.2 Å². The number of imidazole rings is 1. The molecule has 2 aromatic carbocycles. The van der Waals surface area contributed by atoms with E-state index >= 15 is 0 Å². The third kappa shape index (κ3) is 10.9. The van der Waals surface area contributed by atoms with Crippen molar-refractivity contribution >= 4 is 36.4 Å². The molecule has 292 valence electrons. The molecule has 3 aromatic rings. The summed E-state index contributed by atoms with van der Waals surface area (Å²) in [4.78, 5) is 37.6. The Morgan fingerprint density at radius 1 is 0.981 bits per heavy atom. The summed E-state index contributed by atoms with van der Waals surface area (Å²) < 4.78 is 71.7. The number of imide groups is 1. The third-order valence-electron chi connectivity index (χ3n) is 9.41. The number of ether oxygens (including phenoxy) is 2. The molecule has 16 heteroatoms. The molecule has 1 aliphatic carbocycles. The number of esters is 1. The largest absolute Gasteiger partial charge is 0.491 e. The standard InChI is InChI=1S/C34H49N4O6P.C3H3F3O2/c1-6-35-30-18-17-27(43-20-21-44-45(41,42-5)22-12-19-38(2,3)4)23-31(30)36(24-26-13-8-7-9-14-26)32(35)25-37-33(39)28-15-10-11-16-29(28)34(37)40;1-8-2(7)3(4,5)6/h10-11,15-18,23,26H,6-9,12-14,19-22,24-25H2,1-5H3;1H3/q+2;. The van der Waals surface area contributed by atoms with E-state index in [1.807, 2.05) is 18.2 Å². The molecular formula is C37H52F3N4O8P+2. The van der Waals surface area contributed by atoms with Crippen molar-refractivity contribution < 1.29 is 59.7 Å². The Hall–Kier alpha value is -3.78. The number of halogens is 3. The van der Waals surface area contributed by atoms with Crippen molar-refractivity contribution in [1.29, 1.82) is 0 Å². The molecule has 1 atom stereocenters. The molecule has 12 nitrogen and oxygen atoms in total. The van der Waals surface area contributed by atoms with E-state index in [-0.39, 0.29) is 31.6 Å². The fourth-order valence-corrected chi connectivity index (χ4v) is 8.04. The zero-order valence-electron chi connectivity index (χ0n) is 31.4. The molecule has 0 spiro atoms. The van der Waals surface area contributed by atoms with Crippen LogP contribution >= 0.6 is 7.60 Å². The minimum Gasteiger partial charge on any atom is -0.491 e. The van der Waals surface area contributed by atoms with Crippen LogP contribution in [0.3, 0.4) is 0 Å². The van der Waals surface area contributed by atoms with Crippen LogP contribution < -0.4 is 9.30 Å². The highest BCUT2D eigenvalue weighted by Gasteiger charge is 2.40. The van der Waals surface area contributed by atoms with Gasteiger partial charge in [0.15, 0.2) is 11.0 Å². The molecule has 1 aliphatic heterocycles. The highest BCUT2D eigenvalue weighted by Crippen LogP contribution is 2.47. The number of amides is 2. The minimum absolute atomic E-state index is 0.149. The van der Waals surface area contributed by atoms with Gasteiger partial charge >= 0.3 is 19.7 Å². The Labute approximate surface area is 308 Å². The number of rotatable bonds is 15. The maximum absolute atomic E-state index is 13.3. The monoisotopic (exact) mass is 768 g/mol. The minimum atomic E-state index is -4.85. The number of alkyl halides is 3. The number of aryl methyl sites for hydroxylation is 1. The lowest BCUT2D eigenvalue weighted by Crippen LogP contribution is -2.42. The third-order valence-corrected chi connectivity index (χ3v) is 11.4. The average Bonchev–Trinajstić information content (AvgIpc) is 3.54. The number of carbonyl (C=O) groups excluding carboxylic acids is 3. The number of fused-ring (bicyclic) bond motifs is 2. The smallest absolute Gasteiger partial charge is 0.490 e. The van der Waals surface area contributed by atoms with Gasteiger partial charge in [0.25, 0.3) is 17.6 Å². The van der Waals surface area contributed by atoms with Crippen molar-refractivity contribution in [2.24, 2.45) is 5.92 Å². The molecular weight excluding hydrogens is 716 g/mol. The van der Waals surface area contributed by atoms with Crippen LogP contribution in [0.25, 0.3) is 11.0 Å². The second-order valence-electron chi connectivity index (χ2n) is 14.2. The summed E-state index contributed by atoms with van der Waals surface area (Å²) in [5.41, 5.74) is 2.97. The number of quaternary nitrogens is 1. The van der Waals surface area contributed by atoms with Gasteiger partial charge in [-0.05, 0) is 49.9 Å². The van der Waals surface area contributed by atoms with E-state index in [9.17, 15) is 32.1 Å². The zero-order chi connectivity index (χ0) is 39.0. The van der Waals surface area contributed by atoms with Crippen molar-refractivity contribution in [2.75, 3.05) is 61.3 Å². The van der Waals surface area contributed by atoms with Crippen LogP contribution in [0.5, 0.6) is 5.75 Å². The van der Waals surface area contributed by atoms with Gasteiger partial charge in [-0.3, -0.25) is 19.1 Å². The second-order valence-corrected chi connectivity index (χ2v) is 16.5. The molecule has 2 aliphatic rings. The van der Waals surface area contributed by atoms with Crippen LogP contribution in [0, 0.1) is 5.92 Å². The first-order chi connectivity index (χ1) is 25.0. The Morgan fingerprint density at radius 2 is 1.62 bits per heavy atom. The Kier molecular flexibility index (Phi) is 14.3. The average molecular weight is 769 g/mol. The van der Waals surface area contributed by atoms with Crippen LogP contribution in [0.4, 0.5) is 13.2 Å². The molecule has 1 unspecified atom stereocenters. The van der Waals surface area contributed by atoms with Gasteiger partial charge in [0.2, 0.25) is 0 Å². The number of nitrogens with zero attached hydrogens (tertiary/aromatic N) is 4. The predicted octanol–water partition coefficient (Wildman–Crippen LogP) is 6.38. The summed E-state index contributed by atoms with van der Waals surface area (Å²) in [6.45, 7) is 5.06. The predicted molar refractivity (Wildman–Crippen MR) is 192 cm³/mol. The molecule has 0 saturated heterocycles. The van der Waals surface area contributed by atoms with E-state index < -0.39 is 19.7 Å². The normalized spacial score (nSPS) is 16.3. The maximum Gasteiger partial charge on any atom is 0.490 e. The van der Waals surface area contributed by atoms with E-state index in [0.717, 1.165) is 40.9 Å². The fourth-order valence-electron chi connectivity index (χ4n) is 6.74. The summed E-state index contributed by atoms with van der Waals surface area (Å²) in [5, 5.41) is 0. The molecule has 1 fully saturated rings. The highest BCUT2D eigenvalue weighted by molar-refractivity contribution is 7.53. The first-order valence-electron chi connectivity index (χ1n) is 17.9. The number of hydrogen-bond acceptors (Lipinski definition) is 8. The van der Waals surface area contributed by atoms with E-state index in [1.54, 1.807) is 24.3 Å². The van der Waals surface area contributed by atoms with Crippen molar-refractivity contribution in [1.82, 2.24) is 9.47 Å². The van der Waals surface area contributed by atoms with Gasteiger partial charge in [0, 0.05) is 19.6 Å². The van der Waals surface area contributed by atoms with Crippen LogP contribution in [0.1, 0.15) is 72.0 Å². The van der Waals surface area contributed by atoms with Gasteiger partial charge < -0.3 is 23.0 Å². The molecule has 53 heavy (non-hydrogen) atoms. The Bertz CT molecular complexity index is 1770. The SMILES string of the molecule is CC[n+]1c(CN2C(=O)c3ccccc3C2=O)n(CC2CCCCC2)c2cc(OCCOP(=O)(CCC[N+](C)(C)C)OC)ccc21.COC(=O)C(F)(F)F. The van der Waals surface area contributed by atoms with E-state index in [0.29, 0.717) is 42.6 Å². The first kappa shape index (κ1) is 42.0. The van der Waals surface area contributed by atoms with E-state index in [1.165, 1.54) is 44.1 Å². The summed E-state index contributed by atoms with van der Waals surface area (Å²) in [7, 11) is 5.23. The summed E-state index contributed by atoms with van der Waals surface area (Å²) in [6.07, 6.45) is 2.30. The number of carbonyl (C=O) groups is 3. The van der Waals surface area contributed by atoms with E-state index in [2.05, 4.69) is 41.9 Å². The lowest BCUT2D eigenvalue weighted by molar-refractivity contribution is -0.870. The van der Waals surface area contributed by atoms with Crippen molar-refractivity contribution in [2.45, 2.75) is 71.3 Å². The van der Waals surface area contributed by atoms with Gasteiger partial charge in [-0.25, -0.2) is 13.9 Å². The van der Waals surface area contributed by atoms with Gasteiger partial charge in [0.05, 0.1) is 71.8 Å². The zero-order valence-corrected chi connectivity index (χ0v) is 32.3. The van der Waals surface area contributed by atoms with Gasteiger partial charge in [-0.1, -0.05) is 31.4 Å².